The van der Waals surface area contributed by atoms with Gasteiger partial charge in [-0.15, -0.1) is 0 Å². The quantitative estimate of drug-likeness (QED) is 0.787. The van der Waals surface area contributed by atoms with E-state index >= 15 is 0 Å². The Morgan fingerprint density at radius 1 is 1.17 bits per heavy atom. The summed E-state index contributed by atoms with van der Waals surface area (Å²) in [6.07, 6.45) is 2.56. The lowest BCUT2D eigenvalue weighted by atomic mass is 9.87. The van der Waals surface area contributed by atoms with Crippen LogP contribution in [0.15, 0.2) is 48.5 Å². The number of hydrogen-bond acceptors (Lipinski definition) is 4. The zero-order chi connectivity index (χ0) is 20.4. The normalized spacial score (nSPS) is 20.7. The molecule has 0 bridgehead atoms. The van der Waals surface area contributed by atoms with Crippen LogP contribution in [0.25, 0.3) is 0 Å². The van der Waals surface area contributed by atoms with Gasteiger partial charge in [-0.2, -0.15) is 0 Å². The van der Waals surface area contributed by atoms with Crippen molar-refractivity contribution in [1.82, 2.24) is 4.90 Å². The van der Waals surface area contributed by atoms with Crippen molar-refractivity contribution in [2.75, 3.05) is 38.8 Å². The smallest absolute Gasteiger partial charge is 0.257 e. The molecule has 1 unspecified atom stereocenters. The summed E-state index contributed by atoms with van der Waals surface area (Å²) >= 11 is 0. The Bertz CT molecular complexity index is 863. The molecular formula is C23H27FN2O3. The first kappa shape index (κ1) is 19.7. The molecule has 1 amide bonds. The summed E-state index contributed by atoms with van der Waals surface area (Å²) < 4.78 is 24.8. The van der Waals surface area contributed by atoms with Crippen molar-refractivity contribution in [1.29, 1.82) is 0 Å². The van der Waals surface area contributed by atoms with Crippen LogP contribution in [-0.2, 0) is 4.74 Å². The van der Waals surface area contributed by atoms with E-state index in [1.165, 1.54) is 12.1 Å². The van der Waals surface area contributed by atoms with Gasteiger partial charge in [-0.05, 0) is 55.7 Å². The molecule has 5 nitrogen and oxygen atoms in total. The van der Waals surface area contributed by atoms with E-state index in [2.05, 4.69) is 4.90 Å². The molecule has 0 aliphatic carbocycles. The molecule has 2 aromatic rings. The molecular weight excluding hydrogens is 371 g/mol. The third kappa shape index (κ3) is 3.94. The van der Waals surface area contributed by atoms with Gasteiger partial charge in [0, 0.05) is 25.8 Å². The molecule has 1 atom stereocenters. The van der Waals surface area contributed by atoms with Crippen molar-refractivity contribution in [3.8, 4) is 5.75 Å². The Hall–Kier alpha value is -2.60. The van der Waals surface area contributed by atoms with E-state index in [1.54, 1.807) is 19.2 Å². The first-order valence-corrected chi connectivity index (χ1v) is 10.1. The van der Waals surface area contributed by atoms with Crippen molar-refractivity contribution < 1.29 is 18.7 Å². The maximum Gasteiger partial charge on any atom is 0.257 e. The number of para-hydroxylation sites is 1. The zero-order valence-electron chi connectivity index (χ0n) is 16.9. The van der Waals surface area contributed by atoms with Gasteiger partial charge in [0.25, 0.3) is 5.91 Å². The Labute approximate surface area is 171 Å². The second-order valence-electron chi connectivity index (χ2n) is 7.93. The molecule has 0 saturated carbocycles. The maximum absolute atomic E-state index is 13.2. The standard InChI is InChI=1S/C23H27FN2O3/c1-25(18-9-7-17(24)8-10-18)19-15-23(29-16-19)11-13-26(14-12-23)22(27)20-5-3-4-6-21(20)28-2/h3-10,19H,11-16H2,1-2H3. The minimum absolute atomic E-state index is 0.00952. The topological polar surface area (TPSA) is 42.0 Å². The Balaban J connectivity index is 1.38. The number of nitrogens with zero attached hydrogens (tertiary/aromatic N) is 2. The summed E-state index contributed by atoms with van der Waals surface area (Å²) in [6, 6.07) is 14.2. The van der Waals surface area contributed by atoms with Crippen LogP contribution in [0.4, 0.5) is 10.1 Å². The Kier molecular flexibility index (Phi) is 5.46. The van der Waals surface area contributed by atoms with E-state index in [-0.39, 0.29) is 23.4 Å². The lowest BCUT2D eigenvalue weighted by Gasteiger charge is -2.39. The van der Waals surface area contributed by atoms with E-state index in [4.69, 9.17) is 9.47 Å². The number of amides is 1. The molecule has 6 heteroatoms. The fourth-order valence-electron chi connectivity index (χ4n) is 4.41. The number of anilines is 1. The SMILES string of the molecule is COc1ccccc1C(=O)N1CCC2(CC1)CC(N(C)c1ccc(F)cc1)CO2. The van der Waals surface area contributed by atoms with Crippen LogP contribution >= 0.6 is 0 Å². The maximum atomic E-state index is 13.2. The average Bonchev–Trinajstić information content (AvgIpc) is 3.17. The summed E-state index contributed by atoms with van der Waals surface area (Å²) in [6.45, 7) is 1.99. The van der Waals surface area contributed by atoms with Gasteiger partial charge in [0.1, 0.15) is 11.6 Å². The van der Waals surface area contributed by atoms with Crippen molar-refractivity contribution in [3.63, 3.8) is 0 Å². The first-order valence-electron chi connectivity index (χ1n) is 10.1. The second-order valence-corrected chi connectivity index (χ2v) is 7.93. The average molecular weight is 398 g/mol. The number of methoxy groups -OCH3 is 1. The summed E-state index contributed by atoms with van der Waals surface area (Å²) in [4.78, 5) is 17.0. The van der Waals surface area contributed by atoms with Crippen LogP contribution in [-0.4, -0.2) is 56.3 Å². The molecule has 2 aromatic carbocycles. The number of carbonyl (C=O) groups excluding carboxylic acids is 1. The highest BCUT2D eigenvalue weighted by atomic mass is 19.1. The van der Waals surface area contributed by atoms with Crippen LogP contribution in [0.2, 0.25) is 0 Å². The minimum Gasteiger partial charge on any atom is -0.496 e. The number of halogens is 1. The number of benzene rings is 2. The zero-order valence-corrected chi connectivity index (χ0v) is 16.9. The fourth-order valence-corrected chi connectivity index (χ4v) is 4.41. The van der Waals surface area contributed by atoms with Crippen molar-refractivity contribution in [2.45, 2.75) is 30.9 Å². The number of ether oxygens (including phenoxy) is 2. The number of hydrogen-bond donors (Lipinski definition) is 0. The van der Waals surface area contributed by atoms with Gasteiger partial charge in [0.15, 0.2) is 0 Å². The van der Waals surface area contributed by atoms with Gasteiger partial charge >= 0.3 is 0 Å². The summed E-state index contributed by atoms with van der Waals surface area (Å²) in [5.41, 5.74) is 1.41. The van der Waals surface area contributed by atoms with E-state index < -0.39 is 0 Å². The molecule has 0 aromatic heterocycles. The molecule has 154 valence electrons. The highest BCUT2D eigenvalue weighted by molar-refractivity contribution is 5.97. The predicted molar refractivity (Wildman–Crippen MR) is 110 cm³/mol. The van der Waals surface area contributed by atoms with E-state index in [9.17, 15) is 9.18 Å². The van der Waals surface area contributed by atoms with Gasteiger partial charge in [0.2, 0.25) is 0 Å². The largest absolute Gasteiger partial charge is 0.496 e. The molecule has 29 heavy (non-hydrogen) atoms. The third-order valence-corrected chi connectivity index (χ3v) is 6.27. The van der Waals surface area contributed by atoms with Crippen LogP contribution in [0.5, 0.6) is 5.75 Å². The van der Waals surface area contributed by atoms with Crippen molar-refractivity contribution in [2.24, 2.45) is 0 Å². The predicted octanol–water partition coefficient (Wildman–Crippen LogP) is 3.73. The molecule has 4 rings (SSSR count). The lowest BCUT2D eigenvalue weighted by Crippen LogP contribution is -2.47. The molecule has 2 aliphatic rings. The number of likely N-dealkylation sites (tertiary alicyclic amines) is 1. The van der Waals surface area contributed by atoms with Crippen LogP contribution in [0, 0.1) is 5.82 Å². The van der Waals surface area contributed by atoms with E-state index in [0.717, 1.165) is 24.9 Å². The van der Waals surface area contributed by atoms with E-state index in [1.807, 2.05) is 36.2 Å². The molecule has 1 spiro atoms. The van der Waals surface area contributed by atoms with E-state index in [0.29, 0.717) is 31.0 Å². The van der Waals surface area contributed by atoms with Crippen molar-refractivity contribution in [3.05, 3.63) is 59.9 Å². The van der Waals surface area contributed by atoms with Gasteiger partial charge in [-0.1, -0.05) is 12.1 Å². The van der Waals surface area contributed by atoms with Gasteiger partial charge < -0.3 is 19.3 Å². The Morgan fingerprint density at radius 2 is 1.86 bits per heavy atom. The van der Waals surface area contributed by atoms with Gasteiger partial charge in [-0.3, -0.25) is 4.79 Å². The molecule has 2 saturated heterocycles. The fraction of sp³-hybridized carbons (Fsp3) is 0.435. The lowest BCUT2D eigenvalue weighted by molar-refractivity contribution is -0.0388. The van der Waals surface area contributed by atoms with Gasteiger partial charge in [0.05, 0.1) is 30.9 Å². The third-order valence-electron chi connectivity index (χ3n) is 6.27. The van der Waals surface area contributed by atoms with Gasteiger partial charge in [-0.25, -0.2) is 4.39 Å². The molecule has 0 N–H and O–H groups in total. The molecule has 2 heterocycles. The summed E-state index contributed by atoms with van der Waals surface area (Å²) in [5.74, 6) is 0.388. The van der Waals surface area contributed by atoms with Crippen LogP contribution in [0.3, 0.4) is 0 Å². The molecule has 2 fully saturated rings. The molecule has 2 aliphatic heterocycles. The number of rotatable bonds is 4. The highest BCUT2D eigenvalue weighted by Gasteiger charge is 2.44. The monoisotopic (exact) mass is 398 g/mol. The highest BCUT2D eigenvalue weighted by Crippen LogP contribution is 2.39. The van der Waals surface area contributed by atoms with Crippen LogP contribution < -0.4 is 9.64 Å². The number of piperidine rings is 1. The number of carbonyl (C=O) groups is 1. The minimum atomic E-state index is -0.228. The molecule has 0 radical (unpaired) electrons. The second kappa shape index (κ2) is 8.03. The van der Waals surface area contributed by atoms with Crippen LogP contribution in [0.1, 0.15) is 29.6 Å². The Morgan fingerprint density at radius 3 is 2.55 bits per heavy atom. The summed E-state index contributed by atoms with van der Waals surface area (Å²) in [5, 5.41) is 0. The van der Waals surface area contributed by atoms with Crippen molar-refractivity contribution >= 4 is 11.6 Å². The summed E-state index contributed by atoms with van der Waals surface area (Å²) in [7, 11) is 3.61. The first-order chi connectivity index (χ1) is 14.0. The number of likely N-dealkylation sites (N-methyl/N-ethyl adjacent to an activating group) is 1.